The van der Waals surface area contributed by atoms with Gasteiger partial charge in [-0.15, -0.1) is 0 Å². The smallest absolute Gasteiger partial charge is 0.264 e. The van der Waals surface area contributed by atoms with Crippen LogP contribution in [-0.4, -0.2) is 70.0 Å². The van der Waals surface area contributed by atoms with Gasteiger partial charge in [-0.3, -0.25) is 14.5 Å². The molecule has 0 aliphatic carbocycles. The van der Waals surface area contributed by atoms with Crippen LogP contribution in [0.3, 0.4) is 0 Å². The van der Waals surface area contributed by atoms with Crippen LogP contribution in [0.25, 0.3) is 0 Å². The van der Waals surface area contributed by atoms with E-state index in [0.717, 1.165) is 36.3 Å². The van der Waals surface area contributed by atoms with Gasteiger partial charge in [0.25, 0.3) is 5.91 Å². The van der Waals surface area contributed by atoms with Gasteiger partial charge in [-0.05, 0) is 50.5 Å². The number of carbonyl (C=O) groups excluding carboxylic acids is 2. The molecule has 0 bridgehead atoms. The van der Waals surface area contributed by atoms with E-state index in [1.807, 2.05) is 76.0 Å². The Balaban J connectivity index is 1.60. The zero-order valence-electron chi connectivity index (χ0n) is 22.8. The highest BCUT2D eigenvalue weighted by Gasteiger charge is 2.25. The Morgan fingerprint density at radius 3 is 2.53 bits per heavy atom. The lowest BCUT2D eigenvalue weighted by Crippen LogP contribution is -2.41. The van der Waals surface area contributed by atoms with Crippen molar-refractivity contribution >= 4 is 17.5 Å². The molecule has 38 heavy (non-hydrogen) atoms. The fourth-order valence-electron chi connectivity index (χ4n) is 4.94. The first-order valence-corrected chi connectivity index (χ1v) is 13.5. The molecule has 0 radical (unpaired) electrons. The minimum absolute atomic E-state index is 0.0424. The number of anilines is 1. The Morgan fingerprint density at radius 1 is 0.974 bits per heavy atom. The molecular weight excluding hydrogens is 478 g/mol. The monoisotopic (exact) mass is 517 g/mol. The first-order chi connectivity index (χ1) is 18.4. The molecule has 0 spiro atoms. The van der Waals surface area contributed by atoms with Crippen LogP contribution in [0, 0.1) is 6.92 Å². The second-order valence-electron chi connectivity index (χ2n) is 10.1. The van der Waals surface area contributed by atoms with Gasteiger partial charge in [-0.1, -0.05) is 36.4 Å². The number of imidazole rings is 1. The topological polar surface area (TPSA) is 70.9 Å². The molecule has 0 saturated heterocycles. The normalized spacial score (nSPS) is 15.2. The standard InChI is InChI=1S/C30H39N5O3/c1-24(2)33-15-8-16-35(29(37)22-38-27-11-5-4-6-12-27)30-25(3)9-7-10-26(30)21-34(20-19-33)28(36)13-17-32-18-14-31-23-32/h4-7,9-12,14,18,23-24H,8,13,15-17,19-22H2,1-3H3. The second kappa shape index (κ2) is 13.2. The molecular formula is C30H39N5O3. The van der Waals surface area contributed by atoms with Crippen LogP contribution in [0.1, 0.15) is 37.8 Å². The molecule has 0 unspecified atom stereocenters. The van der Waals surface area contributed by atoms with Crippen LogP contribution in [0.15, 0.2) is 67.3 Å². The van der Waals surface area contributed by atoms with Gasteiger partial charge in [0.1, 0.15) is 5.75 Å². The number of nitrogens with zero attached hydrogens (tertiary/aromatic N) is 5. The van der Waals surface area contributed by atoms with Crippen molar-refractivity contribution in [1.82, 2.24) is 19.4 Å². The molecule has 2 aromatic carbocycles. The molecule has 0 fully saturated rings. The number of rotatable bonds is 7. The molecule has 0 atom stereocenters. The van der Waals surface area contributed by atoms with E-state index in [2.05, 4.69) is 23.7 Å². The number of para-hydroxylation sites is 2. The quantitative estimate of drug-likeness (QED) is 0.471. The fraction of sp³-hybridized carbons (Fsp3) is 0.433. The van der Waals surface area contributed by atoms with Crippen molar-refractivity contribution in [1.29, 1.82) is 0 Å². The highest BCUT2D eigenvalue weighted by atomic mass is 16.5. The molecule has 202 valence electrons. The van der Waals surface area contributed by atoms with Crippen LogP contribution in [0.4, 0.5) is 5.69 Å². The molecule has 8 nitrogen and oxygen atoms in total. The molecule has 2 amide bonds. The van der Waals surface area contributed by atoms with Gasteiger partial charge < -0.3 is 19.1 Å². The van der Waals surface area contributed by atoms with Crippen LogP contribution in [0.2, 0.25) is 0 Å². The Labute approximate surface area is 225 Å². The van der Waals surface area contributed by atoms with Crippen molar-refractivity contribution in [3.05, 3.63) is 78.4 Å². The Bertz CT molecular complexity index is 1180. The van der Waals surface area contributed by atoms with Crippen molar-refractivity contribution in [2.75, 3.05) is 37.7 Å². The van der Waals surface area contributed by atoms with Crippen molar-refractivity contribution in [3.63, 3.8) is 0 Å². The summed E-state index contributed by atoms with van der Waals surface area (Å²) >= 11 is 0. The summed E-state index contributed by atoms with van der Waals surface area (Å²) in [4.78, 5) is 37.3. The lowest BCUT2D eigenvalue weighted by Gasteiger charge is -2.30. The molecule has 3 aromatic rings. The molecule has 1 aromatic heterocycles. The van der Waals surface area contributed by atoms with Crippen molar-refractivity contribution < 1.29 is 14.3 Å². The summed E-state index contributed by atoms with van der Waals surface area (Å²) in [5, 5.41) is 0. The Morgan fingerprint density at radius 2 is 1.79 bits per heavy atom. The summed E-state index contributed by atoms with van der Waals surface area (Å²) in [6.07, 6.45) is 6.56. The molecule has 0 saturated carbocycles. The summed E-state index contributed by atoms with van der Waals surface area (Å²) in [6.45, 7) is 10.3. The summed E-state index contributed by atoms with van der Waals surface area (Å²) in [5.41, 5.74) is 2.88. The van der Waals surface area contributed by atoms with Gasteiger partial charge in [0.2, 0.25) is 5.91 Å². The van der Waals surface area contributed by atoms with E-state index in [0.29, 0.717) is 44.4 Å². The largest absolute Gasteiger partial charge is 0.484 e. The van der Waals surface area contributed by atoms with Gasteiger partial charge in [0, 0.05) is 64.1 Å². The van der Waals surface area contributed by atoms with Gasteiger partial charge in [0.05, 0.1) is 12.0 Å². The molecule has 2 heterocycles. The second-order valence-corrected chi connectivity index (χ2v) is 10.1. The van der Waals surface area contributed by atoms with Crippen LogP contribution < -0.4 is 9.64 Å². The zero-order chi connectivity index (χ0) is 26.9. The maximum atomic E-state index is 13.6. The molecule has 8 heteroatoms. The predicted molar refractivity (Wildman–Crippen MR) is 149 cm³/mol. The fourth-order valence-corrected chi connectivity index (χ4v) is 4.94. The number of aromatic nitrogens is 2. The zero-order valence-corrected chi connectivity index (χ0v) is 22.8. The van der Waals surface area contributed by atoms with Gasteiger partial charge in [0.15, 0.2) is 6.61 Å². The molecule has 1 aliphatic heterocycles. The van der Waals surface area contributed by atoms with Crippen molar-refractivity contribution in [2.45, 2.75) is 52.7 Å². The SMILES string of the molecule is Cc1cccc2c1N(C(=O)COc1ccccc1)CCCN(C(C)C)CCN(C(=O)CCn1ccnc1)C2. The minimum atomic E-state index is -0.0854. The van der Waals surface area contributed by atoms with E-state index in [4.69, 9.17) is 4.74 Å². The van der Waals surface area contributed by atoms with Crippen molar-refractivity contribution in [3.8, 4) is 5.75 Å². The first-order valence-electron chi connectivity index (χ1n) is 13.5. The predicted octanol–water partition coefficient (Wildman–Crippen LogP) is 4.14. The third-order valence-electron chi connectivity index (χ3n) is 7.07. The minimum Gasteiger partial charge on any atom is -0.484 e. The van der Waals surface area contributed by atoms with E-state index >= 15 is 0 Å². The number of fused-ring (bicyclic) bond motifs is 1. The maximum Gasteiger partial charge on any atom is 0.264 e. The number of amides is 2. The van der Waals surface area contributed by atoms with Crippen LogP contribution >= 0.6 is 0 Å². The number of carbonyl (C=O) groups is 2. The summed E-state index contributed by atoms with van der Waals surface area (Å²) in [6, 6.07) is 15.8. The maximum absolute atomic E-state index is 13.6. The average Bonchev–Trinajstić information content (AvgIpc) is 3.43. The summed E-state index contributed by atoms with van der Waals surface area (Å²) < 4.78 is 7.77. The van der Waals surface area contributed by atoms with Gasteiger partial charge in [-0.2, -0.15) is 0 Å². The van der Waals surface area contributed by atoms with E-state index in [9.17, 15) is 9.59 Å². The summed E-state index contributed by atoms with van der Waals surface area (Å²) in [5.74, 6) is 0.682. The lowest BCUT2D eigenvalue weighted by molar-refractivity contribution is -0.132. The van der Waals surface area contributed by atoms with Gasteiger partial charge in [-0.25, -0.2) is 4.98 Å². The van der Waals surface area contributed by atoms with E-state index in [-0.39, 0.29) is 18.4 Å². The highest BCUT2D eigenvalue weighted by molar-refractivity contribution is 5.96. The number of hydrogen-bond donors (Lipinski definition) is 0. The third kappa shape index (κ3) is 7.22. The van der Waals surface area contributed by atoms with E-state index in [1.54, 1.807) is 12.5 Å². The Hall–Kier alpha value is -3.65. The first kappa shape index (κ1) is 27.4. The molecule has 1 aliphatic rings. The van der Waals surface area contributed by atoms with E-state index < -0.39 is 0 Å². The van der Waals surface area contributed by atoms with Crippen molar-refractivity contribution in [2.24, 2.45) is 0 Å². The number of ether oxygens (including phenoxy) is 1. The van der Waals surface area contributed by atoms with Crippen LogP contribution in [-0.2, 0) is 22.7 Å². The number of aryl methyl sites for hydroxylation is 2. The molecule has 4 rings (SSSR count). The Kier molecular flexibility index (Phi) is 9.54. The third-order valence-corrected chi connectivity index (χ3v) is 7.07. The van der Waals surface area contributed by atoms with Crippen LogP contribution in [0.5, 0.6) is 5.75 Å². The number of benzene rings is 2. The lowest BCUT2D eigenvalue weighted by atomic mass is 10.0. The van der Waals surface area contributed by atoms with E-state index in [1.165, 1.54) is 0 Å². The summed E-state index contributed by atoms with van der Waals surface area (Å²) in [7, 11) is 0. The number of hydrogen-bond acceptors (Lipinski definition) is 5. The molecule has 0 N–H and O–H groups in total. The van der Waals surface area contributed by atoms with Gasteiger partial charge >= 0.3 is 0 Å². The highest BCUT2D eigenvalue weighted by Crippen LogP contribution is 2.28. The average molecular weight is 518 g/mol.